The molecule has 5 unspecified atom stereocenters. The number of nitrogens with zero attached hydrogens (tertiary/aromatic N) is 1. The Morgan fingerprint density at radius 1 is 1.22 bits per heavy atom. The summed E-state index contributed by atoms with van der Waals surface area (Å²) in [6.45, 7) is 0. The van der Waals surface area contributed by atoms with Gasteiger partial charge in [-0.05, 0) is 37.5 Å². The highest BCUT2D eigenvalue weighted by Crippen LogP contribution is 2.44. The molecule has 1 amide bonds. The highest BCUT2D eigenvalue weighted by atomic mass is 16.3. The van der Waals surface area contributed by atoms with E-state index in [4.69, 9.17) is 0 Å². The van der Waals surface area contributed by atoms with E-state index in [0.29, 0.717) is 11.8 Å². The molecular weight excluding hydrogens is 226 g/mol. The van der Waals surface area contributed by atoms with Crippen molar-refractivity contribution in [1.82, 2.24) is 4.90 Å². The second-order valence-electron chi connectivity index (χ2n) is 6.26. The number of amides is 1. The topological polar surface area (TPSA) is 40.5 Å². The maximum absolute atomic E-state index is 12.6. The van der Waals surface area contributed by atoms with E-state index >= 15 is 0 Å². The summed E-state index contributed by atoms with van der Waals surface area (Å²) < 4.78 is 0. The summed E-state index contributed by atoms with van der Waals surface area (Å²) in [5.74, 6) is 1.54. The van der Waals surface area contributed by atoms with Crippen LogP contribution in [0.4, 0.5) is 0 Å². The molecule has 0 aromatic carbocycles. The Morgan fingerprint density at radius 3 is 2.61 bits per heavy atom. The minimum absolute atomic E-state index is 0.0503. The molecule has 0 saturated heterocycles. The fraction of sp³-hybridized carbons (Fsp3) is 0.800. The molecule has 3 aliphatic carbocycles. The van der Waals surface area contributed by atoms with E-state index < -0.39 is 0 Å². The van der Waals surface area contributed by atoms with Gasteiger partial charge in [-0.3, -0.25) is 4.79 Å². The minimum Gasteiger partial charge on any atom is -0.391 e. The zero-order valence-electron chi connectivity index (χ0n) is 11.1. The van der Waals surface area contributed by atoms with Gasteiger partial charge >= 0.3 is 0 Å². The molecule has 3 heteroatoms. The number of fused-ring (bicyclic) bond motifs is 2. The van der Waals surface area contributed by atoms with E-state index in [0.717, 1.165) is 38.5 Å². The van der Waals surface area contributed by atoms with E-state index in [1.807, 2.05) is 11.9 Å². The molecular formula is C15H23NO2. The highest BCUT2D eigenvalue weighted by Gasteiger charge is 2.42. The lowest BCUT2D eigenvalue weighted by atomic mass is 9.88. The van der Waals surface area contributed by atoms with Crippen LogP contribution in [0.2, 0.25) is 0 Å². The third-order valence-electron chi connectivity index (χ3n) is 5.14. The lowest BCUT2D eigenvalue weighted by Crippen LogP contribution is -2.48. The molecule has 0 aromatic heterocycles. The van der Waals surface area contributed by atoms with Gasteiger partial charge in [0.2, 0.25) is 5.91 Å². The number of rotatable bonds is 2. The number of likely N-dealkylation sites (N-methyl/N-ethyl adjacent to an activating group) is 1. The molecule has 18 heavy (non-hydrogen) atoms. The van der Waals surface area contributed by atoms with Crippen molar-refractivity contribution >= 4 is 5.91 Å². The maximum atomic E-state index is 12.6. The number of hydrogen-bond acceptors (Lipinski definition) is 2. The summed E-state index contributed by atoms with van der Waals surface area (Å²) in [6, 6.07) is 0.0503. The van der Waals surface area contributed by atoms with Gasteiger partial charge in [0.1, 0.15) is 0 Å². The monoisotopic (exact) mass is 249 g/mol. The fourth-order valence-corrected chi connectivity index (χ4v) is 4.03. The molecule has 3 aliphatic rings. The predicted molar refractivity (Wildman–Crippen MR) is 69.9 cm³/mol. The van der Waals surface area contributed by atoms with E-state index in [-0.39, 0.29) is 24.0 Å². The van der Waals surface area contributed by atoms with Gasteiger partial charge in [0, 0.05) is 13.0 Å². The smallest absolute Gasteiger partial charge is 0.226 e. The third-order valence-corrected chi connectivity index (χ3v) is 5.14. The molecule has 5 atom stereocenters. The highest BCUT2D eigenvalue weighted by molar-refractivity contribution is 5.80. The van der Waals surface area contributed by atoms with Crippen molar-refractivity contribution < 1.29 is 9.90 Å². The summed E-state index contributed by atoms with van der Waals surface area (Å²) in [6.07, 6.45) is 10.4. The van der Waals surface area contributed by atoms with Crippen LogP contribution in [0.5, 0.6) is 0 Å². The molecule has 3 nitrogen and oxygen atoms in total. The van der Waals surface area contributed by atoms with Gasteiger partial charge in [-0.15, -0.1) is 0 Å². The van der Waals surface area contributed by atoms with Crippen LogP contribution in [0, 0.1) is 17.8 Å². The fourth-order valence-electron chi connectivity index (χ4n) is 4.03. The second-order valence-corrected chi connectivity index (χ2v) is 6.26. The molecule has 0 aliphatic heterocycles. The normalized spacial score (nSPS) is 42.2. The van der Waals surface area contributed by atoms with Crippen molar-refractivity contribution in [2.45, 2.75) is 50.7 Å². The molecule has 100 valence electrons. The van der Waals surface area contributed by atoms with E-state index in [1.54, 1.807) is 0 Å². The summed E-state index contributed by atoms with van der Waals surface area (Å²) in [4.78, 5) is 14.4. The Bertz CT molecular complexity index is 366. The maximum Gasteiger partial charge on any atom is 0.226 e. The lowest BCUT2D eigenvalue weighted by Gasteiger charge is -2.37. The van der Waals surface area contributed by atoms with E-state index in [2.05, 4.69) is 12.2 Å². The molecule has 0 spiro atoms. The Kier molecular flexibility index (Phi) is 3.18. The summed E-state index contributed by atoms with van der Waals surface area (Å²) in [5, 5.41) is 10.1. The van der Waals surface area contributed by atoms with Crippen LogP contribution in [0.25, 0.3) is 0 Å². The van der Waals surface area contributed by atoms with Crippen LogP contribution in [-0.2, 0) is 4.79 Å². The first-order valence-electron chi connectivity index (χ1n) is 7.30. The Morgan fingerprint density at radius 2 is 2.00 bits per heavy atom. The first-order chi connectivity index (χ1) is 8.66. The predicted octanol–water partition coefficient (Wildman–Crippen LogP) is 1.96. The zero-order chi connectivity index (χ0) is 12.7. The number of aliphatic hydroxyl groups is 1. The average molecular weight is 249 g/mol. The van der Waals surface area contributed by atoms with Crippen molar-refractivity contribution in [1.29, 1.82) is 0 Å². The molecule has 0 aromatic rings. The molecule has 2 saturated carbocycles. The van der Waals surface area contributed by atoms with Gasteiger partial charge in [-0.25, -0.2) is 0 Å². The van der Waals surface area contributed by atoms with E-state index in [1.165, 1.54) is 0 Å². The lowest BCUT2D eigenvalue weighted by molar-refractivity contribution is -0.140. The SMILES string of the molecule is CN(C(=O)C1CC2C=CC1C2)C1CCCCC1O. The van der Waals surface area contributed by atoms with Crippen molar-refractivity contribution in [3.05, 3.63) is 12.2 Å². The number of carbonyl (C=O) groups is 1. The largest absolute Gasteiger partial charge is 0.391 e. The Balaban J connectivity index is 1.66. The van der Waals surface area contributed by atoms with E-state index in [9.17, 15) is 9.90 Å². The van der Waals surface area contributed by atoms with Crippen LogP contribution >= 0.6 is 0 Å². The Hall–Kier alpha value is -0.830. The minimum atomic E-state index is -0.318. The molecule has 0 heterocycles. The van der Waals surface area contributed by atoms with Crippen molar-refractivity contribution in [2.24, 2.45) is 17.8 Å². The van der Waals surface area contributed by atoms with Gasteiger partial charge in [0.15, 0.2) is 0 Å². The summed E-state index contributed by atoms with van der Waals surface area (Å²) >= 11 is 0. The van der Waals surface area contributed by atoms with Gasteiger partial charge in [0.05, 0.1) is 12.1 Å². The molecule has 2 fully saturated rings. The first-order valence-corrected chi connectivity index (χ1v) is 7.30. The van der Waals surface area contributed by atoms with Crippen LogP contribution in [-0.4, -0.2) is 35.1 Å². The number of hydrogen-bond donors (Lipinski definition) is 1. The molecule has 2 bridgehead atoms. The number of carbonyl (C=O) groups excluding carboxylic acids is 1. The Labute approximate surface area is 109 Å². The number of aliphatic hydroxyl groups excluding tert-OH is 1. The van der Waals surface area contributed by atoms with Gasteiger partial charge in [-0.1, -0.05) is 25.0 Å². The average Bonchev–Trinajstić information content (AvgIpc) is 3.00. The number of allylic oxidation sites excluding steroid dienone is 2. The van der Waals surface area contributed by atoms with Crippen LogP contribution in [0.1, 0.15) is 38.5 Å². The van der Waals surface area contributed by atoms with Crippen molar-refractivity contribution in [3.63, 3.8) is 0 Å². The molecule has 0 radical (unpaired) electrons. The quantitative estimate of drug-likeness (QED) is 0.760. The van der Waals surface area contributed by atoms with Gasteiger partial charge in [-0.2, -0.15) is 0 Å². The zero-order valence-corrected chi connectivity index (χ0v) is 11.1. The molecule has 1 N–H and O–H groups in total. The van der Waals surface area contributed by atoms with Crippen molar-refractivity contribution in [2.75, 3.05) is 7.05 Å². The van der Waals surface area contributed by atoms with Crippen LogP contribution in [0.15, 0.2) is 12.2 Å². The first kappa shape index (κ1) is 12.2. The van der Waals surface area contributed by atoms with Crippen LogP contribution < -0.4 is 0 Å². The summed E-state index contributed by atoms with van der Waals surface area (Å²) in [5.41, 5.74) is 0. The van der Waals surface area contributed by atoms with Crippen molar-refractivity contribution in [3.8, 4) is 0 Å². The standard InChI is InChI=1S/C15H23NO2/c1-16(13-4-2-3-5-14(13)17)15(18)12-9-10-6-7-11(12)8-10/h6-7,10-14,17H,2-5,8-9H2,1H3. The third kappa shape index (κ3) is 1.99. The van der Waals surface area contributed by atoms with Gasteiger partial charge in [0.25, 0.3) is 0 Å². The molecule has 3 rings (SSSR count). The second kappa shape index (κ2) is 4.69. The van der Waals surface area contributed by atoms with Gasteiger partial charge < -0.3 is 10.0 Å². The summed E-state index contributed by atoms with van der Waals surface area (Å²) in [7, 11) is 1.89. The van der Waals surface area contributed by atoms with Crippen LogP contribution in [0.3, 0.4) is 0 Å².